The normalized spacial score (nSPS) is 17.3. The Balaban J connectivity index is 1.69. The van der Waals surface area contributed by atoms with Gasteiger partial charge in [-0.15, -0.1) is 0 Å². The van der Waals surface area contributed by atoms with E-state index in [9.17, 15) is 9.90 Å². The Hall–Kier alpha value is -3.39. The van der Waals surface area contributed by atoms with E-state index in [1.165, 1.54) is 10.7 Å². The van der Waals surface area contributed by atoms with Crippen molar-refractivity contribution in [1.29, 1.82) is 0 Å². The first kappa shape index (κ1) is 21.5. The maximum Gasteiger partial charge on any atom is 0.275 e. The smallest absolute Gasteiger partial charge is 0.275 e. The van der Waals surface area contributed by atoms with Crippen LogP contribution >= 0.6 is 0 Å². The van der Waals surface area contributed by atoms with Gasteiger partial charge >= 0.3 is 0 Å². The van der Waals surface area contributed by atoms with Gasteiger partial charge in [0.2, 0.25) is 0 Å². The summed E-state index contributed by atoms with van der Waals surface area (Å²) in [7, 11) is 3.15. The van der Waals surface area contributed by atoms with Crippen LogP contribution in [0, 0.1) is 5.82 Å². The van der Waals surface area contributed by atoms with E-state index in [0.717, 1.165) is 29.7 Å². The van der Waals surface area contributed by atoms with Gasteiger partial charge in [-0.2, -0.15) is 9.78 Å². The molecule has 3 aromatic rings. The van der Waals surface area contributed by atoms with Crippen molar-refractivity contribution in [3.8, 4) is 28.4 Å². The molecule has 0 saturated carbocycles. The summed E-state index contributed by atoms with van der Waals surface area (Å²) < 4.78 is 27.0. The van der Waals surface area contributed by atoms with Crippen molar-refractivity contribution >= 4 is 5.69 Å². The van der Waals surface area contributed by atoms with Crippen LogP contribution in [0.1, 0.15) is 24.0 Å². The SMILES string of the molecule is COc1cc(OC)cc(-c2nn(-c3cc(N4CCC(O)C4)ccc3F)c(=O)c3c2CCC3)c1. The van der Waals surface area contributed by atoms with E-state index < -0.39 is 11.9 Å². The highest BCUT2D eigenvalue weighted by atomic mass is 19.1. The van der Waals surface area contributed by atoms with Crippen LogP contribution in [0.2, 0.25) is 0 Å². The van der Waals surface area contributed by atoms with Crippen LogP contribution in [0.4, 0.5) is 10.1 Å². The summed E-state index contributed by atoms with van der Waals surface area (Å²) in [6, 6.07) is 10.1. The molecular formula is C25H26FN3O4. The molecule has 2 aliphatic rings. The number of β-amino-alcohol motifs (C(OH)–C–C–N with tert-alkyl or cyclic N) is 1. The zero-order valence-corrected chi connectivity index (χ0v) is 18.7. The number of methoxy groups -OCH3 is 2. The Morgan fingerprint density at radius 3 is 2.45 bits per heavy atom. The summed E-state index contributed by atoms with van der Waals surface area (Å²) in [4.78, 5) is 15.3. The molecule has 0 radical (unpaired) electrons. The number of fused-ring (bicyclic) bond motifs is 1. The summed E-state index contributed by atoms with van der Waals surface area (Å²) in [6.07, 6.45) is 2.46. The number of halogens is 1. The van der Waals surface area contributed by atoms with E-state index in [1.807, 2.05) is 17.0 Å². The zero-order valence-electron chi connectivity index (χ0n) is 18.7. The lowest BCUT2D eigenvalue weighted by Gasteiger charge is -2.20. The fraction of sp³-hybridized carbons (Fsp3) is 0.360. The highest BCUT2D eigenvalue weighted by molar-refractivity contribution is 5.69. The summed E-state index contributed by atoms with van der Waals surface area (Å²) in [6.45, 7) is 1.15. The highest BCUT2D eigenvalue weighted by Gasteiger charge is 2.26. The van der Waals surface area contributed by atoms with E-state index in [0.29, 0.717) is 48.7 Å². The fourth-order valence-corrected chi connectivity index (χ4v) is 4.75. The third kappa shape index (κ3) is 3.84. The molecule has 1 atom stereocenters. The van der Waals surface area contributed by atoms with Crippen LogP contribution in [0.25, 0.3) is 16.9 Å². The summed E-state index contributed by atoms with van der Waals surface area (Å²) in [5.41, 5.74) is 3.50. The van der Waals surface area contributed by atoms with Crippen LogP contribution in [0.3, 0.4) is 0 Å². The number of aliphatic hydroxyl groups is 1. The third-order valence-corrected chi connectivity index (χ3v) is 6.47. The van der Waals surface area contributed by atoms with Gasteiger partial charge in [-0.25, -0.2) is 4.39 Å². The lowest BCUT2D eigenvalue weighted by atomic mass is 10.0. The number of aliphatic hydroxyl groups excluding tert-OH is 1. The molecule has 1 unspecified atom stereocenters. The van der Waals surface area contributed by atoms with Gasteiger partial charge in [-0.3, -0.25) is 4.79 Å². The van der Waals surface area contributed by atoms with Crippen LogP contribution in [0.5, 0.6) is 11.5 Å². The average Bonchev–Trinajstić information content (AvgIpc) is 3.49. The largest absolute Gasteiger partial charge is 0.497 e. The molecule has 1 aliphatic heterocycles. The van der Waals surface area contributed by atoms with Crippen molar-refractivity contribution in [1.82, 2.24) is 9.78 Å². The Kier molecular flexibility index (Phi) is 5.54. The number of benzene rings is 2. The van der Waals surface area contributed by atoms with Crippen molar-refractivity contribution in [3.63, 3.8) is 0 Å². The van der Waals surface area contributed by atoms with Gasteiger partial charge in [0.1, 0.15) is 23.0 Å². The van der Waals surface area contributed by atoms with Crippen LogP contribution in [-0.4, -0.2) is 48.3 Å². The van der Waals surface area contributed by atoms with Crippen LogP contribution in [0.15, 0.2) is 41.2 Å². The molecule has 8 heteroatoms. The quantitative estimate of drug-likeness (QED) is 0.643. The van der Waals surface area contributed by atoms with Crippen molar-refractivity contribution in [2.24, 2.45) is 0 Å². The van der Waals surface area contributed by atoms with Crippen molar-refractivity contribution < 1.29 is 19.0 Å². The Labute approximate surface area is 191 Å². The summed E-state index contributed by atoms with van der Waals surface area (Å²) in [5, 5.41) is 14.6. The molecule has 0 bridgehead atoms. The number of ether oxygens (including phenoxy) is 2. The summed E-state index contributed by atoms with van der Waals surface area (Å²) >= 11 is 0. The lowest BCUT2D eigenvalue weighted by molar-refractivity contribution is 0.198. The second-order valence-electron chi connectivity index (χ2n) is 8.50. The third-order valence-electron chi connectivity index (χ3n) is 6.47. The highest BCUT2D eigenvalue weighted by Crippen LogP contribution is 2.34. The van der Waals surface area contributed by atoms with Gasteiger partial charge in [0, 0.05) is 36.0 Å². The Morgan fingerprint density at radius 2 is 1.79 bits per heavy atom. The number of anilines is 1. The Morgan fingerprint density at radius 1 is 1.06 bits per heavy atom. The van der Waals surface area contributed by atoms with Crippen molar-refractivity contribution in [2.45, 2.75) is 31.8 Å². The number of hydrogen-bond donors (Lipinski definition) is 1. The Bertz CT molecular complexity index is 1250. The van der Waals surface area contributed by atoms with Gasteiger partial charge in [-0.05, 0) is 61.6 Å². The van der Waals surface area contributed by atoms with Crippen LogP contribution < -0.4 is 19.9 Å². The molecule has 1 fully saturated rings. The molecule has 7 nitrogen and oxygen atoms in total. The number of rotatable bonds is 5. The lowest BCUT2D eigenvalue weighted by Crippen LogP contribution is -2.27. The van der Waals surface area contributed by atoms with Crippen molar-refractivity contribution in [2.75, 3.05) is 32.2 Å². The molecule has 1 saturated heterocycles. The minimum Gasteiger partial charge on any atom is -0.497 e. The van der Waals surface area contributed by atoms with Gasteiger partial charge in [0.05, 0.1) is 26.0 Å². The maximum atomic E-state index is 15.0. The molecule has 2 heterocycles. The molecule has 2 aromatic carbocycles. The minimum absolute atomic E-state index is 0.102. The number of hydrogen-bond acceptors (Lipinski definition) is 6. The molecular weight excluding hydrogens is 425 g/mol. The van der Waals surface area contributed by atoms with E-state index in [4.69, 9.17) is 9.47 Å². The average molecular weight is 451 g/mol. The molecule has 172 valence electrons. The molecule has 5 rings (SSSR count). The zero-order chi connectivity index (χ0) is 23.1. The number of aromatic nitrogens is 2. The van der Waals surface area contributed by atoms with Gasteiger partial charge < -0.3 is 19.5 Å². The summed E-state index contributed by atoms with van der Waals surface area (Å²) in [5.74, 6) is 0.688. The second-order valence-corrected chi connectivity index (χ2v) is 8.50. The predicted octanol–water partition coefficient (Wildman–Crippen LogP) is 3.12. The van der Waals surface area contributed by atoms with E-state index in [2.05, 4.69) is 5.10 Å². The number of nitrogens with zero attached hydrogens (tertiary/aromatic N) is 3. The molecule has 0 spiro atoms. The molecule has 1 aromatic heterocycles. The van der Waals surface area contributed by atoms with Crippen LogP contribution in [-0.2, 0) is 12.8 Å². The first-order valence-electron chi connectivity index (χ1n) is 11.1. The first-order valence-corrected chi connectivity index (χ1v) is 11.1. The van der Waals surface area contributed by atoms with E-state index in [1.54, 1.807) is 32.4 Å². The standard InChI is InChI=1S/C25H26FN3O4/c1-32-18-10-15(11-19(13-18)33-2)24-20-4-3-5-21(20)25(31)29(27-24)23-12-16(6-7-22(23)26)28-9-8-17(30)14-28/h6-7,10-13,17,30H,3-5,8-9,14H2,1-2H3. The topological polar surface area (TPSA) is 76.8 Å². The van der Waals surface area contributed by atoms with Gasteiger partial charge in [-0.1, -0.05) is 0 Å². The molecule has 1 N–H and O–H groups in total. The molecule has 1 aliphatic carbocycles. The fourth-order valence-electron chi connectivity index (χ4n) is 4.75. The van der Waals surface area contributed by atoms with E-state index >= 15 is 4.39 Å². The molecule has 33 heavy (non-hydrogen) atoms. The van der Waals surface area contributed by atoms with E-state index in [-0.39, 0.29) is 11.2 Å². The van der Waals surface area contributed by atoms with Gasteiger partial charge in [0.15, 0.2) is 0 Å². The minimum atomic E-state index is -0.528. The van der Waals surface area contributed by atoms with Gasteiger partial charge in [0.25, 0.3) is 5.56 Å². The van der Waals surface area contributed by atoms with Crippen molar-refractivity contribution in [3.05, 3.63) is 63.7 Å². The second kappa shape index (κ2) is 8.51. The maximum absolute atomic E-state index is 15.0. The first-order chi connectivity index (χ1) is 16.0. The molecule has 0 amide bonds. The predicted molar refractivity (Wildman–Crippen MR) is 123 cm³/mol. The monoisotopic (exact) mass is 451 g/mol.